The van der Waals surface area contributed by atoms with E-state index in [0.717, 1.165) is 5.56 Å². The van der Waals surface area contributed by atoms with E-state index < -0.39 is 6.04 Å². The third-order valence-electron chi connectivity index (χ3n) is 3.02. The third-order valence-corrected chi connectivity index (χ3v) is 3.37. The lowest BCUT2D eigenvalue weighted by molar-refractivity contribution is 0.241. The van der Waals surface area contributed by atoms with Gasteiger partial charge in [-0.15, -0.1) is 0 Å². The van der Waals surface area contributed by atoms with Crippen molar-refractivity contribution >= 4 is 11.6 Å². The molecule has 0 saturated carbocycles. The standard InChI is InChI=1S/C16H18ClFN2O/c1-10(2)21-12-6-11(8-20-9-12)16(19)7-13-14(17)4-3-5-15(13)18/h3-6,8-10,16H,7,19H2,1-2H3. The zero-order chi connectivity index (χ0) is 15.4. The summed E-state index contributed by atoms with van der Waals surface area (Å²) in [4.78, 5) is 4.11. The number of hydrogen-bond acceptors (Lipinski definition) is 3. The van der Waals surface area contributed by atoms with Gasteiger partial charge in [0.15, 0.2) is 0 Å². The van der Waals surface area contributed by atoms with Gasteiger partial charge in [0.2, 0.25) is 0 Å². The van der Waals surface area contributed by atoms with Crippen molar-refractivity contribution in [3.63, 3.8) is 0 Å². The number of halogens is 2. The monoisotopic (exact) mass is 308 g/mol. The summed E-state index contributed by atoms with van der Waals surface area (Å²) in [6, 6.07) is 6.04. The summed E-state index contributed by atoms with van der Waals surface area (Å²) >= 11 is 6.03. The molecule has 5 heteroatoms. The Hall–Kier alpha value is -1.65. The maximum Gasteiger partial charge on any atom is 0.138 e. The van der Waals surface area contributed by atoms with E-state index in [1.807, 2.05) is 19.9 Å². The molecule has 1 atom stereocenters. The van der Waals surface area contributed by atoms with Crippen LogP contribution in [0.3, 0.4) is 0 Å². The van der Waals surface area contributed by atoms with Gasteiger partial charge in [-0.3, -0.25) is 4.98 Å². The Bertz CT molecular complexity index is 599. The van der Waals surface area contributed by atoms with Gasteiger partial charge in [0.05, 0.1) is 12.3 Å². The van der Waals surface area contributed by atoms with Gasteiger partial charge in [0.25, 0.3) is 0 Å². The normalized spacial score (nSPS) is 12.5. The van der Waals surface area contributed by atoms with Crippen LogP contribution in [0.1, 0.15) is 31.0 Å². The van der Waals surface area contributed by atoms with Crippen LogP contribution in [0.2, 0.25) is 5.02 Å². The molecule has 2 aromatic rings. The van der Waals surface area contributed by atoms with Crippen molar-refractivity contribution in [1.82, 2.24) is 4.98 Å². The van der Waals surface area contributed by atoms with E-state index in [4.69, 9.17) is 22.1 Å². The number of rotatable bonds is 5. The van der Waals surface area contributed by atoms with Crippen molar-refractivity contribution in [1.29, 1.82) is 0 Å². The lowest BCUT2D eigenvalue weighted by Gasteiger charge is -2.15. The second-order valence-corrected chi connectivity index (χ2v) is 5.54. The fourth-order valence-electron chi connectivity index (χ4n) is 2.04. The zero-order valence-corrected chi connectivity index (χ0v) is 12.8. The highest BCUT2D eigenvalue weighted by molar-refractivity contribution is 6.31. The minimum absolute atomic E-state index is 0.0549. The molecule has 1 heterocycles. The van der Waals surface area contributed by atoms with E-state index in [1.54, 1.807) is 24.5 Å². The summed E-state index contributed by atoms with van der Waals surface area (Å²) < 4.78 is 19.4. The molecule has 2 N–H and O–H groups in total. The van der Waals surface area contributed by atoms with Crippen molar-refractivity contribution in [3.8, 4) is 5.75 Å². The van der Waals surface area contributed by atoms with Gasteiger partial charge in [0, 0.05) is 22.8 Å². The van der Waals surface area contributed by atoms with Crippen molar-refractivity contribution in [2.45, 2.75) is 32.4 Å². The Labute approximate surface area is 128 Å². The molecule has 0 bridgehead atoms. The van der Waals surface area contributed by atoms with Crippen LogP contribution >= 0.6 is 11.6 Å². The van der Waals surface area contributed by atoms with E-state index in [-0.39, 0.29) is 11.9 Å². The Morgan fingerprint density at radius 2 is 2.10 bits per heavy atom. The molecular formula is C16H18ClFN2O. The van der Waals surface area contributed by atoms with Crippen molar-refractivity contribution in [2.24, 2.45) is 5.73 Å². The molecule has 0 spiro atoms. The SMILES string of the molecule is CC(C)Oc1cncc(C(N)Cc2c(F)cccc2Cl)c1. The molecule has 2 rings (SSSR count). The van der Waals surface area contributed by atoms with E-state index in [1.165, 1.54) is 6.07 Å². The summed E-state index contributed by atoms with van der Waals surface area (Å²) in [6.45, 7) is 3.87. The minimum atomic E-state index is -0.400. The number of aromatic nitrogens is 1. The second kappa shape index (κ2) is 6.87. The molecule has 0 saturated heterocycles. The van der Waals surface area contributed by atoms with Crippen LogP contribution in [0.15, 0.2) is 36.7 Å². The summed E-state index contributed by atoms with van der Waals surface area (Å²) in [6.07, 6.45) is 3.65. The number of nitrogens with zero attached hydrogens (tertiary/aromatic N) is 1. The predicted molar refractivity (Wildman–Crippen MR) is 82.0 cm³/mol. The van der Waals surface area contributed by atoms with Crippen LogP contribution in [0.4, 0.5) is 4.39 Å². The van der Waals surface area contributed by atoms with Crippen LogP contribution in [-0.2, 0) is 6.42 Å². The number of ether oxygens (including phenoxy) is 1. The maximum absolute atomic E-state index is 13.8. The third kappa shape index (κ3) is 4.16. The Kier molecular flexibility index (Phi) is 5.15. The Balaban J connectivity index is 2.18. The highest BCUT2D eigenvalue weighted by atomic mass is 35.5. The first-order valence-corrected chi connectivity index (χ1v) is 7.15. The zero-order valence-electron chi connectivity index (χ0n) is 12.0. The molecule has 1 unspecified atom stereocenters. The maximum atomic E-state index is 13.8. The Morgan fingerprint density at radius 3 is 2.76 bits per heavy atom. The molecule has 0 radical (unpaired) electrons. The lowest BCUT2D eigenvalue weighted by atomic mass is 10.0. The quantitative estimate of drug-likeness (QED) is 0.911. The molecule has 1 aromatic heterocycles. The van der Waals surface area contributed by atoms with Gasteiger partial charge < -0.3 is 10.5 Å². The van der Waals surface area contributed by atoms with Gasteiger partial charge in [-0.25, -0.2) is 4.39 Å². The molecule has 112 valence electrons. The molecule has 0 amide bonds. The number of hydrogen-bond donors (Lipinski definition) is 1. The molecule has 0 aliphatic heterocycles. The van der Waals surface area contributed by atoms with Crippen LogP contribution in [0.5, 0.6) is 5.75 Å². The predicted octanol–water partition coefficient (Wildman–Crippen LogP) is 3.90. The first-order chi connectivity index (χ1) is 9.97. The van der Waals surface area contributed by atoms with Crippen LogP contribution < -0.4 is 10.5 Å². The largest absolute Gasteiger partial charge is 0.489 e. The molecule has 0 fully saturated rings. The first kappa shape index (κ1) is 15.7. The van der Waals surface area contributed by atoms with Crippen molar-refractivity contribution < 1.29 is 9.13 Å². The molecule has 21 heavy (non-hydrogen) atoms. The average molecular weight is 309 g/mol. The summed E-state index contributed by atoms with van der Waals surface area (Å²) in [5.41, 5.74) is 7.35. The van der Waals surface area contributed by atoms with Crippen LogP contribution in [-0.4, -0.2) is 11.1 Å². The second-order valence-electron chi connectivity index (χ2n) is 5.13. The van der Waals surface area contributed by atoms with Crippen molar-refractivity contribution in [2.75, 3.05) is 0 Å². The van der Waals surface area contributed by atoms with Gasteiger partial charge in [-0.1, -0.05) is 17.7 Å². The van der Waals surface area contributed by atoms with E-state index in [0.29, 0.717) is 22.8 Å². The van der Waals surface area contributed by atoms with Gasteiger partial charge in [-0.05, 0) is 44.0 Å². The lowest BCUT2D eigenvalue weighted by Crippen LogP contribution is -2.15. The minimum Gasteiger partial charge on any atom is -0.489 e. The molecule has 1 aromatic carbocycles. The molecular weight excluding hydrogens is 291 g/mol. The van der Waals surface area contributed by atoms with Crippen molar-refractivity contribution in [3.05, 3.63) is 58.6 Å². The Morgan fingerprint density at radius 1 is 1.33 bits per heavy atom. The molecule has 0 aliphatic rings. The number of benzene rings is 1. The van der Waals surface area contributed by atoms with E-state index in [2.05, 4.69) is 4.98 Å². The van der Waals surface area contributed by atoms with Crippen LogP contribution in [0, 0.1) is 5.82 Å². The topological polar surface area (TPSA) is 48.1 Å². The summed E-state index contributed by atoms with van der Waals surface area (Å²) in [5.74, 6) is 0.304. The van der Waals surface area contributed by atoms with E-state index in [9.17, 15) is 4.39 Å². The van der Waals surface area contributed by atoms with Gasteiger partial charge in [0.1, 0.15) is 11.6 Å². The highest BCUT2D eigenvalue weighted by Gasteiger charge is 2.14. The summed E-state index contributed by atoms with van der Waals surface area (Å²) in [7, 11) is 0. The smallest absolute Gasteiger partial charge is 0.138 e. The van der Waals surface area contributed by atoms with Gasteiger partial charge in [-0.2, -0.15) is 0 Å². The number of pyridine rings is 1. The van der Waals surface area contributed by atoms with Gasteiger partial charge >= 0.3 is 0 Å². The highest BCUT2D eigenvalue weighted by Crippen LogP contribution is 2.25. The van der Waals surface area contributed by atoms with Crippen LogP contribution in [0.25, 0.3) is 0 Å². The summed E-state index contributed by atoms with van der Waals surface area (Å²) in [5, 5.41) is 0.382. The fourth-order valence-corrected chi connectivity index (χ4v) is 2.28. The average Bonchev–Trinajstić information content (AvgIpc) is 2.42. The first-order valence-electron chi connectivity index (χ1n) is 6.77. The fraction of sp³-hybridized carbons (Fsp3) is 0.312. The number of nitrogens with two attached hydrogens (primary N) is 1. The van der Waals surface area contributed by atoms with E-state index >= 15 is 0 Å². The molecule has 3 nitrogen and oxygen atoms in total. The molecule has 0 aliphatic carbocycles.